The van der Waals surface area contributed by atoms with Crippen molar-refractivity contribution in [3.05, 3.63) is 52.0 Å². The van der Waals surface area contributed by atoms with Crippen LogP contribution in [-0.4, -0.2) is 0 Å². The lowest BCUT2D eigenvalue weighted by molar-refractivity contribution is 1.40. The molecule has 0 radical (unpaired) electrons. The van der Waals surface area contributed by atoms with E-state index in [4.69, 9.17) is 5.73 Å². The van der Waals surface area contributed by atoms with Crippen LogP contribution >= 0.6 is 15.9 Å². The molecule has 0 amide bonds. The topological polar surface area (TPSA) is 38.0 Å². The monoisotopic (exact) mass is 290 g/mol. The van der Waals surface area contributed by atoms with Crippen LogP contribution in [-0.2, 0) is 0 Å². The normalized spacial score (nSPS) is 10.3. The highest BCUT2D eigenvalue weighted by atomic mass is 79.9. The van der Waals surface area contributed by atoms with Crippen LogP contribution in [0.1, 0.15) is 11.1 Å². The molecule has 0 fully saturated rings. The molecule has 2 rings (SSSR count). The Hall–Kier alpha value is -1.48. The summed E-state index contributed by atoms with van der Waals surface area (Å²) < 4.78 is 1.06. The molecule has 0 bridgehead atoms. The molecule has 3 N–H and O–H groups in total. The van der Waals surface area contributed by atoms with E-state index >= 15 is 0 Å². The van der Waals surface area contributed by atoms with Gasteiger partial charge in [-0.2, -0.15) is 0 Å². The maximum atomic E-state index is 5.83. The predicted molar refractivity (Wildman–Crippen MR) is 77.8 cm³/mol. The molecule has 0 spiro atoms. The molecule has 0 unspecified atom stereocenters. The Labute approximate surface area is 110 Å². The first-order valence-electron chi connectivity index (χ1n) is 5.45. The standard InChI is InChI=1S/C14H15BrN2/c1-9-5-12(16)8-13(6-9)17-14-7-11(15)4-3-10(14)2/h3-8,17H,16H2,1-2H3. The van der Waals surface area contributed by atoms with Gasteiger partial charge in [0.1, 0.15) is 0 Å². The van der Waals surface area contributed by atoms with Crippen molar-refractivity contribution >= 4 is 33.0 Å². The predicted octanol–water partition coefficient (Wildman–Crippen LogP) is 4.39. The van der Waals surface area contributed by atoms with Crippen molar-refractivity contribution in [3.8, 4) is 0 Å². The van der Waals surface area contributed by atoms with E-state index in [0.29, 0.717) is 0 Å². The van der Waals surface area contributed by atoms with Crippen LogP contribution < -0.4 is 11.1 Å². The minimum absolute atomic E-state index is 0.778. The average Bonchev–Trinajstić information content (AvgIpc) is 2.22. The van der Waals surface area contributed by atoms with Crippen LogP contribution in [0.15, 0.2) is 40.9 Å². The highest BCUT2D eigenvalue weighted by Gasteiger charge is 2.01. The molecule has 0 saturated heterocycles. The van der Waals surface area contributed by atoms with Gasteiger partial charge in [-0.15, -0.1) is 0 Å². The minimum atomic E-state index is 0.778. The molecule has 0 aliphatic heterocycles. The zero-order chi connectivity index (χ0) is 12.4. The highest BCUT2D eigenvalue weighted by Crippen LogP contribution is 2.26. The van der Waals surface area contributed by atoms with Crippen molar-refractivity contribution < 1.29 is 0 Å². The fourth-order valence-electron chi connectivity index (χ4n) is 1.77. The van der Waals surface area contributed by atoms with Gasteiger partial charge in [0, 0.05) is 21.5 Å². The van der Waals surface area contributed by atoms with E-state index < -0.39 is 0 Å². The van der Waals surface area contributed by atoms with E-state index in [1.54, 1.807) is 0 Å². The number of nitrogen functional groups attached to an aromatic ring is 1. The summed E-state index contributed by atoms with van der Waals surface area (Å²) >= 11 is 3.47. The van der Waals surface area contributed by atoms with Gasteiger partial charge in [0.25, 0.3) is 0 Å². The Balaban J connectivity index is 2.34. The molecule has 0 saturated carbocycles. The first-order valence-corrected chi connectivity index (χ1v) is 6.24. The highest BCUT2D eigenvalue weighted by molar-refractivity contribution is 9.10. The average molecular weight is 291 g/mol. The van der Waals surface area contributed by atoms with Crippen LogP contribution in [0.5, 0.6) is 0 Å². The van der Waals surface area contributed by atoms with E-state index in [1.165, 1.54) is 5.56 Å². The van der Waals surface area contributed by atoms with Crippen molar-refractivity contribution in [1.82, 2.24) is 0 Å². The molecule has 2 nitrogen and oxygen atoms in total. The summed E-state index contributed by atoms with van der Waals surface area (Å²) in [5.74, 6) is 0. The third-order valence-corrected chi connectivity index (χ3v) is 3.07. The first kappa shape index (κ1) is 12.0. The van der Waals surface area contributed by atoms with Crippen molar-refractivity contribution in [2.45, 2.75) is 13.8 Å². The lowest BCUT2D eigenvalue weighted by Gasteiger charge is -2.11. The van der Waals surface area contributed by atoms with Crippen LogP contribution in [0.2, 0.25) is 0 Å². The van der Waals surface area contributed by atoms with Gasteiger partial charge in [-0.05, 0) is 55.3 Å². The number of aryl methyl sites for hydroxylation is 2. The second-order valence-electron chi connectivity index (χ2n) is 4.22. The van der Waals surface area contributed by atoms with Gasteiger partial charge in [0.05, 0.1) is 0 Å². The Bertz CT molecular complexity index is 530. The second-order valence-corrected chi connectivity index (χ2v) is 5.13. The molecule has 2 aromatic carbocycles. The van der Waals surface area contributed by atoms with Gasteiger partial charge < -0.3 is 11.1 Å². The molecule has 0 aliphatic rings. The van der Waals surface area contributed by atoms with E-state index in [-0.39, 0.29) is 0 Å². The number of rotatable bonds is 2. The largest absolute Gasteiger partial charge is 0.399 e. The molecule has 3 heteroatoms. The Morgan fingerprint density at radius 3 is 2.53 bits per heavy atom. The number of halogens is 1. The summed E-state index contributed by atoms with van der Waals surface area (Å²) in [7, 11) is 0. The van der Waals surface area contributed by atoms with E-state index in [1.807, 2.05) is 25.1 Å². The summed E-state index contributed by atoms with van der Waals surface area (Å²) in [6.07, 6.45) is 0. The molecule has 2 aromatic rings. The lowest BCUT2D eigenvalue weighted by Crippen LogP contribution is -1.95. The molecular formula is C14H15BrN2. The second kappa shape index (κ2) is 4.80. The van der Waals surface area contributed by atoms with Gasteiger partial charge >= 0.3 is 0 Å². The number of hydrogen-bond donors (Lipinski definition) is 2. The number of benzene rings is 2. The maximum Gasteiger partial charge on any atom is 0.0425 e. The zero-order valence-corrected chi connectivity index (χ0v) is 11.5. The molecule has 0 aromatic heterocycles. The van der Waals surface area contributed by atoms with E-state index in [2.05, 4.69) is 46.4 Å². The van der Waals surface area contributed by atoms with Gasteiger partial charge in [0.15, 0.2) is 0 Å². The molecule has 0 heterocycles. The number of anilines is 3. The number of hydrogen-bond acceptors (Lipinski definition) is 2. The molecule has 88 valence electrons. The summed E-state index contributed by atoms with van der Waals surface area (Å²) in [6, 6.07) is 12.1. The van der Waals surface area contributed by atoms with Crippen LogP contribution in [0.25, 0.3) is 0 Å². The SMILES string of the molecule is Cc1cc(N)cc(Nc2cc(Br)ccc2C)c1. The summed E-state index contributed by atoms with van der Waals surface area (Å²) in [6.45, 7) is 4.11. The summed E-state index contributed by atoms with van der Waals surface area (Å²) in [5, 5.41) is 3.38. The Kier molecular flexibility index (Phi) is 3.38. The first-order chi connectivity index (χ1) is 8.04. The summed E-state index contributed by atoms with van der Waals surface area (Å²) in [4.78, 5) is 0. The van der Waals surface area contributed by atoms with Gasteiger partial charge in [-0.1, -0.05) is 22.0 Å². The van der Waals surface area contributed by atoms with Gasteiger partial charge in [-0.3, -0.25) is 0 Å². The molecule has 17 heavy (non-hydrogen) atoms. The van der Waals surface area contributed by atoms with Crippen molar-refractivity contribution in [3.63, 3.8) is 0 Å². The minimum Gasteiger partial charge on any atom is -0.399 e. The van der Waals surface area contributed by atoms with Crippen LogP contribution in [0.4, 0.5) is 17.1 Å². The number of nitrogens with one attached hydrogen (secondary N) is 1. The molecule has 0 atom stereocenters. The van der Waals surface area contributed by atoms with E-state index in [9.17, 15) is 0 Å². The Morgan fingerprint density at radius 1 is 1.06 bits per heavy atom. The molecule has 0 aliphatic carbocycles. The van der Waals surface area contributed by atoms with Crippen molar-refractivity contribution in [2.24, 2.45) is 0 Å². The van der Waals surface area contributed by atoms with Crippen molar-refractivity contribution in [2.75, 3.05) is 11.1 Å². The zero-order valence-electron chi connectivity index (χ0n) is 9.92. The third-order valence-electron chi connectivity index (χ3n) is 2.58. The summed E-state index contributed by atoms with van der Waals surface area (Å²) in [5.41, 5.74) is 11.1. The van der Waals surface area contributed by atoms with Crippen LogP contribution in [0, 0.1) is 13.8 Å². The van der Waals surface area contributed by atoms with E-state index in [0.717, 1.165) is 27.1 Å². The number of nitrogens with two attached hydrogens (primary N) is 1. The van der Waals surface area contributed by atoms with Crippen LogP contribution in [0.3, 0.4) is 0 Å². The maximum absolute atomic E-state index is 5.83. The fraction of sp³-hybridized carbons (Fsp3) is 0.143. The quantitative estimate of drug-likeness (QED) is 0.805. The molecular weight excluding hydrogens is 276 g/mol. The lowest BCUT2D eigenvalue weighted by atomic mass is 10.1. The van der Waals surface area contributed by atoms with Crippen molar-refractivity contribution in [1.29, 1.82) is 0 Å². The third kappa shape index (κ3) is 3.01. The van der Waals surface area contributed by atoms with Gasteiger partial charge in [0.2, 0.25) is 0 Å². The smallest absolute Gasteiger partial charge is 0.0425 e. The van der Waals surface area contributed by atoms with Gasteiger partial charge in [-0.25, -0.2) is 0 Å². The Morgan fingerprint density at radius 2 is 1.82 bits per heavy atom. The fourth-order valence-corrected chi connectivity index (χ4v) is 2.13.